The van der Waals surface area contributed by atoms with Crippen molar-refractivity contribution in [3.63, 3.8) is 0 Å². The molecule has 2 aromatic heterocycles. The van der Waals surface area contributed by atoms with Crippen LogP contribution in [0, 0.1) is 0 Å². The van der Waals surface area contributed by atoms with E-state index in [1.165, 1.54) is 23.1 Å². The van der Waals surface area contributed by atoms with Crippen LogP contribution >= 0.6 is 50.6 Å². The van der Waals surface area contributed by atoms with Crippen molar-refractivity contribution in [3.05, 3.63) is 57.3 Å². The van der Waals surface area contributed by atoms with Gasteiger partial charge in [0.25, 0.3) is 5.22 Å². The van der Waals surface area contributed by atoms with Gasteiger partial charge < -0.3 is 9.73 Å². The molecule has 0 aliphatic heterocycles. The zero-order valence-electron chi connectivity index (χ0n) is 13.6. The van der Waals surface area contributed by atoms with E-state index in [4.69, 9.17) is 16.0 Å². The van der Waals surface area contributed by atoms with Gasteiger partial charge in [-0.05, 0) is 30.3 Å². The van der Waals surface area contributed by atoms with Gasteiger partial charge in [-0.3, -0.25) is 4.79 Å². The number of carbonyl (C=O) groups is 1. The summed E-state index contributed by atoms with van der Waals surface area (Å²) in [6.45, 7) is 0. The van der Waals surface area contributed by atoms with E-state index in [0.717, 1.165) is 15.7 Å². The van der Waals surface area contributed by atoms with Gasteiger partial charge in [0, 0.05) is 20.4 Å². The third kappa shape index (κ3) is 4.52. The summed E-state index contributed by atoms with van der Waals surface area (Å²) in [6, 6.07) is 13.1. The molecule has 0 bridgehead atoms. The van der Waals surface area contributed by atoms with Crippen LogP contribution in [-0.2, 0) is 4.79 Å². The number of benzene rings is 2. The van der Waals surface area contributed by atoms with Crippen LogP contribution in [0.1, 0.15) is 0 Å². The lowest BCUT2D eigenvalue weighted by Gasteiger charge is -2.00. The van der Waals surface area contributed by atoms with Gasteiger partial charge >= 0.3 is 0 Å². The van der Waals surface area contributed by atoms with Crippen molar-refractivity contribution in [1.82, 2.24) is 9.97 Å². The molecule has 2 heterocycles. The molecular formula is C18H11BrClN3O2S2. The number of hydrogen-bond donors (Lipinski definition) is 1. The number of hydrogen-bond acceptors (Lipinski definition) is 6. The molecule has 4 aromatic rings. The summed E-state index contributed by atoms with van der Waals surface area (Å²) in [5.74, 6) is 0.00207. The number of thioether (sulfide) groups is 1. The SMILES string of the molecule is O=C(CSc1nc2cc(Cl)ccc2o1)Nc1nc(-c2cccc(Br)c2)cs1. The van der Waals surface area contributed by atoms with Crippen molar-refractivity contribution in [2.75, 3.05) is 11.1 Å². The molecule has 0 aliphatic rings. The van der Waals surface area contributed by atoms with Crippen molar-refractivity contribution in [1.29, 1.82) is 0 Å². The number of oxazole rings is 1. The Morgan fingerprint density at radius 1 is 1.26 bits per heavy atom. The van der Waals surface area contributed by atoms with Crippen LogP contribution in [0.25, 0.3) is 22.4 Å². The molecule has 27 heavy (non-hydrogen) atoms. The zero-order chi connectivity index (χ0) is 18.8. The van der Waals surface area contributed by atoms with Crippen molar-refractivity contribution in [2.45, 2.75) is 5.22 Å². The highest BCUT2D eigenvalue weighted by Gasteiger charge is 2.12. The molecule has 2 aromatic carbocycles. The largest absolute Gasteiger partial charge is 0.431 e. The molecule has 0 radical (unpaired) electrons. The molecule has 1 amide bonds. The third-order valence-corrected chi connectivity index (χ3v) is 5.84. The average molecular weight is 481 g/mol. The van der Waals surface area contributed by atoms with Crippen molar-refractivity contribution < 1.29 is 9.21 Å². The van der Waals surface area contributed by atoms with E-state index in [2.05, 4.69) is 31.2 Å². The summed E-state index contributed by atoms with van der Waals surface area (Å²) in [5, 5.41) is 6.29. The number of thiazole rings is 1. The number of rotatable bonds is 5. The predicted molar refractivity (Wildman–Crippen MR) is 114 cm³/mol. The van der Waals surface area contributed by atoms with Crippen molar-refractivity contribution in [3.8, 4) is 11.3 Å². The molecule has 0 saturated heterocycles. The summed E-state index contributed by atoms with van der Waals surface area (Å²) in [5.41, 5.74) is 3.12. The average Bonchev–Trinajstić information content (AvgIpc) is 3.26. The lowest BCUT2D eigenvalue weighted by atomic mass is 10.2. The minimum Gasteiger partial charge on any atom is -0.431 e. The van der Waals surface area contributed by atoms with Gasteiger partial charge in [-0.25, -0.2) is 9.97 Å². The number of nitrogens with zero attached hydrogens (tertiary/aromatic N) is 2. The number of anilines is 1. The fourth-order valence-corrected chi connectivity index (χ4v) is 4.28. The lowest BCUT2D eigenvalue weighted by Crippen LogP contribution is -2.13. The molecule has 0 atom stereocenters. The Kier molecular flexibility index (Phi) is 5.49. The van der Waals surface area contributed by atoms with E-state index in [1.54, 1.807) is 18.2 Å². The highest BCUT2D eigenvalue weighted by atomic mass is 79.9. The maximum Gasteiger partial charge on any atom is 0.257 e. The first-order chi connectivity index (χ1) is 13.1. The highest BCUT2D eigenvalue weighted by molar-refractivity contribution is 9.10. The van der Waals surface area contributed by atoms with Gasteiger partial charge in [-0.2, -0.15) is 0 Å². The van der Waals surface area contributed by atoms with Crippen molar-refractivity contribution in [2.24, 2.45) is 0 Å². The molecule has 0 unspecified atom stereocenters. The third-order valence-electron chi connectivity index (χ3n) is 3.53. The fourth-order valence-electron chi connectivity index (χ4n) is 2.34. The summed E-state index contributed by atoms with van der Waals surface area (Å²) in [7, 11) is 0. The van der Waals surface area contributed by atoms with Gasteiger partial charge in [-0.15, -0.1) is 11.3 Å². The molecule has 9 heteroatoms. The predicted octanol–water partition coefficient (Wildman–Crippen LogP) is 6.10. The monoisotopic (exact) mass is 479 g/mol. The lowest BCUT2D eigenvalue weighted by molar-refractivity contribution is -0.113. The molecule has 0 saturated carbocycles. The number of fused-ring (bicyclic) bond motifs is 1. The number of halogens is 2. The number of nitrogens with one attached hydrogen (secondary N) is 1. The zero-order valence-corrected chi connectivity index (χ0v) is 17.6. The molecule has 0 aliphatic carbocycles. The van der Waals surface area contributed by atoms with Crippen LogP contribution in [0.15, 0.2) is 62.0 Å². The van der Waals surface area contributed by atoms with Crippen LogP contribution in [0.3, 0.4) is 0 Å². The molecule has 0 spiro atoms. The minimum absolute atomic E-state index is 0.171. The normalized spacial score (nSPS) is 11.0. The van der Waals surface area contributed by atoms with Crippen LogP contribution in [0.5, 0.6) is 0 Å². The van der Waals surface area contributed by atoms with Gasteiger partial charge in [0.1, 0.15) is 5.52 Å². The quantitative estimate of drug-likeness (QED) is 0.350. The molecule has 136 valence electrons. The Morgan fingerprint density at radius 3 is 3.00 bits per heavy atom. The van der Waals surface area contributed by atoms with E-state index < -0.39 is 0 Å². The van der Waals surface area contributed by atoms with E-state index in [0.29, 0.717) is 26.5 Å². The molecule has 5 nitrogen and oxygen atoms in total. The van der Waals surface area contributed by atoms with Crippen LogP contribution < -0.4 is 5.32 Å². The maximum atomic E-state index is 12.2. The fraction of sp³-hybridized carbons (Fsp3) is 0.0556. The van der Waals surface area contributed by atoms with E-state index >= 15 is 0 Å². The summed E-state index contributed by atoms with van der Waals surface area (Å²) < 4.78 is 6.57. The minimum atomic E-state index is -0.171. The Morgan fingerprint density at radius 2 is 2.15 bits per heavy atom. The first kappa shape index (κ1) is 18.5. The maximum absolute atomic E-state index is 12.2. The van der Waals surface area contributed by atoms with Crippen LogP contribution in [0.4, 0.5) is 5.13 Å². The standard InChI is InChI=1S/C18H11BrClN3O2S2/c19-11-3-1-2-10(6-11)14-8-26-17(21-14)23-16(24)9-27-18-22-13-7-12(20)4-5-15(13)25-18/h1-8H,9H2,(H,21,23,24). The summed E-state index contributed by atoms with van der Waals surface area (Å²) in [4.78, 5) is 21.0. The number of amides is 1. The van der Waals surface area contributed by atoms with Gasteiger partial charge in [-0.1, -0.05) is 51.4 Å². The number of carbonyl (C=O) groups excluding carboxylic acids is 1. The Labute approximate surface area is 176 Å². The van der Waals surface area contributed by atoms with Gasteiger partial charge in [0.05, 0.1) is 11.4 Å². The Bertz CT molecular complexity index is 1130. The first-order valence-electron chi connectivity index (χ1n) is 7.77. The topological polar surface area (TPSA) is 68.0 Å². The van der Waals surface area contributed by atoms with Crippen LogP contribution in [0.2, 0.25) is 5.02 Å². The first-order valence-corrected chi connectivity index (χ1v) is 10.8. The van der Waals surface area contributed by atoms with Gasteiger partial charge in [0.15, 0.2) is 10.7 Å². The number of aromatic nitrogens is 2. The highest BCUT2D eigenvalue weighted by Crippen LogP contribution is 2.28. The smallest absolute Gasteiger partial charge is 0.257 e. The van der Waals surface area contributed by atoms with Crippen LogP contribution in [-0.4, -0.2) is 21.6 Å². The Hall–Kier alpha value is -1.87. The van der Waals surface area contributed by atoms with E-state index in [-0.39, 0.29) is 11.7 Å². The second-order valence-corrected chi connectivity index (χ2v) is 8.61. The summed E-state index contributed by atoms with van der Waals surface area (Å²) >= 11 is 12.0. The Balaban J connectivity index is 1.38. The van der Waals surface area contributed by atoms with E-state index in [1.807, 2.05) is 29.6 Å². The molecule has 0 fully saturated rings. The molecule has 1 N–H and O–H groups in total. The summed E-state index contributed by atoms with van der Waals surface area (Å²) in [6.07, 6.45) is 0. The van der Waals surface area contributed by atoms with Crippen molar-refractivity contribution >= 4 is 72.8 Å². The second-order valence-electron chi connectivity index (χ2n) is 5.48. The van der Waals surface area contributed by atoms with E-state index in [9.17, 15) is 4.79 Å². The second kappa shape index (κ2) is 8.02. The molecular weight excluding hydrogens is 470 g/mol. The molecule has 4 rings (SSSR count). The van der Waals surface area contributed by atoms with Gasteiger partial charge in [0.2, 0.25) is 5.91 Å².